The average Bonchev–Trinajstić information content (AvgIpc) is 3.61. The summed E-state index contributed by atoms with van der Waals surface area (Å²) in [6.07, 6.45) is 1.24. The molecule has 234 valence electrons. The van der Waals surface area contributed by atoms with Gasteiger partial charge in [-0.25, -0.2) is 9.78 Å². The van der Waals surface area contributed by atoms with Crippen LogP contribution in [0.5, 0.6) is 0 Å². The Balaban J connectivity index is 1.45. The topological polar surface area (TPSA) is 154 Å². The first-order chi connectivity index (χ1) is 20.5. The van der Waals surface area contributed by atoms with Crippen molar-refractivity contribution < 1.29 is 33.6 Å². The van der Waals surface area contributed by atoms with E-state index in [2.05, 4.69) is 38.8 Å². The molecule has 0 aliphatic carbocycles. The number of esters is 1. The van der Waals surface area contributed by atoms with Gasteiger partial charge in [-0.1, -0.05) is 20.8 Å². The Labute approximate surface area is 259 Å². The predicted molar refractivity (Wildman–Crippen MR) is 166 cm³/mol. The van der Waals surface area contributed by atoms with Crippen molar-refractivity contribution in [3.8, 4) is 0 Å². The molecule has 1 amide bonds. The SMILES string of the molecule is Cc1nc(C(=O)CO[Si](C)(C)C(C)(C)C)c2sc(C3=C(C(=O)OCc4ccc([N+](=O)[O-])cc4)N4C(=O)[C@H]([C@@H](C)O)[C@H]4C3)cn12. The number of aromatic nitrogens is 2. The highest BCUT2D eigenvalue weighted by Gasteiger charge is 2.57. The standard InChI is InChI=1S/C30H36N4O8SSi/c1-16(35)24-21-12-20(26(33(21)27(24)37)29(38)41-14-18-8-10-19(11-9-18)34(39)40)23-13-32-17(2)31-25(28(32)43-23)22(36)15-42-44(6,7)30(3,4)5/h8-11,13,16,21,24,35H,12,14-15H2,1-7H3/t16-,21-,24-/m1/s1. The maximum absolute atomic E-state index is 13.5. The number of aryl methyl sites for hydroxylation is 1. The third-order valence-electron chi connectivity index (χ3n) is 8.87. The van der Waals surface area contributed by atoms with Gasteiger partial charge in [-0.05, 0) is 56.1 Å². The monoisotopic (exact) mass is 640 g/mol. The number of hydrogen-bond acceptors (Lipinski definition) is 10. The summed E-state index contributed by atoms with van der Waals surface area (Å²) in [5.74, 6) is -1.36. The molecule has 12 nitrogen and oxygen atoms in total. The number of ketones is 1. The highest BCUT2D eigenvalue weighted by molar-refractivity contribution is 7.18. The zero-order chi connectivity index (χ0) is 32.3. The number of nitro benzene ring substituents is 1. The number of fused-ring (bicyclic) bond motifs is 2. The predicted octanol–water partition coefficient (Wildman–Crippen LogP) is 4.88. The highest BCUT2D eigenvalue weighted by Crippen LogP contribution is 2.49. The first kappa shape index (κ1) is 31.7. The molecule has 2 aromatic heterocycles. The molecule has 2 aliphatic rings. The first-order valence-electron chi connectivity index (χ1n) is 14.3. The molecule has 3 aromatic rings. The molecule has 5 rings (SSSR count). The Hall–Kier alpha value is -3.72. The highest BCUT2D eigenvalue weighted by atomic mass is 32.1. The molecule has 0 spiro atoms. The van der Waals surface area contributed by atoms with E-state index in [1.807, 2.05) is 0 Å². The van der Waals surface area contributed by atoms with Crippen LogP contribution in [0.15, 0.2) is 36.2 Å². The lowest BCUT2D eigenvalue weighted by molar-refractivity contribution is -0.384. The van der Waals surface area contributed by atoms with Crippen molar-refractivity contribution in [3.63, 3.8) is 0 Å². The Bertz CT molecular complexity index is 1700. The van der Waals surface area contributed by atoms with Crippen molar-refractivity contribution in [2.45, 2.75) is 77.9 Å². The molecule has 2 aliphatic heterocycles. The largest absolute Gasteiger partial charge is 0.456 e. The van der Waals surface area contributed by atoms with Crippen LogP contribution in [0.1, 0.15) is 60.9 Å². The number of nitro groups is 1. The number of ether oxygens (including phenoxy) is 1. The van der Waals surface area contributed by atoms with E-state index in [9.17, 15) is 29.6 Å². The van der Waals surface area contributed by atoms with Gasteiger partial charge in [0.2, 0.25) is 11.7 Å². The van der Waals surface area contributed by atoms with Gasteiger partial charge in [-0.15, -0.1) is 11.3 Å². The summed E-state index contributed by atoms with van der Waals surface area (Å²) in [7, 11) is -2.17. The van der Waals surface area contributed by atoms with Gasteiger partial charge in [0.05, 0.1) is 34.5 Å². The van der Waals surface area contributed by atoms with E-state index in [1.165, 1.54) is 40.5 Å². The van der Waals surface area contributed by atoms with Crippen LogP contribution >= 0.6 is 11.3 Å². The van der Waals surface area contributed by atoms with Crippen molar-refractivity contribution in [3.05, 3.63) is 68.2 Å². The second kappa shape index (κ2) is 11.3. The third-order valence-corrected chi connectivity index (χ3v) is 14.5. The lowest BCUT2D eigenvalue weighted by Gasteiger charge is -2.44. The maximum Gasteiger partial charge on any atom is 0.355 e. The minimum Gasteiger partial charge on any atom is -0.456 e. The van der Waals surface area contributed by atoms with Crippen LogP contribution in [0.25, 0.3) is 10.4 Å². The molecule has 1 aromatic carbocycles. The lowest BCUT2D eigenvalue weighted by atomic mass is 9.83. The number of benzene rings is 1. The molecule has 3 atom stereocenters. The number of thiazole rings is 1. The number of carbonyl (C=O) groups excluding carboxylic acids is 3. The summed E-state index contributed by atoms with van der Waals surface area (Å²) in [5, 5.41) is 21.2. The lowest BCUT2D eigenvalue weighted by Crippen LogP contribution is -2.61. The van der Waals surface area contributed by atoms with Gasteiger partial charge in [0, 0.05) is 23.9 Å². The number of nitrogens with zero attached hydrogens (tertiary/aromatic N) is 4. The number of Topliss-reactive ketones (excluding diaryl/α,β-unsaturated/α-hetero) is 1. The molecule has 44 heavy (non-hydrogen) atoms. The number of amides is 1. The van der Waals surface area contributed by atoms with Crippen LogP contribution < -0.4 is 0 Å². The number of hydrogen-bond donors (Lipinski definition) is 1. The van der Waals surface area contributed by atoms with Crippen LogP contribution in [0.2, 0.25) is 18.1 Å². The second-order valence-electron chi connectivity index (χ2n) is 12.8. The minimum absolute atomic E-state index is 0.0582. The van der Waals surface area contributed by atoms with E-state index in [-0.39, 0.29) is 41.3 Å². The van der Waals surface area contributed by atoms with Crippen molar-refractivity contribution in [1.82, 2.24) is 14.3 Å². The van der Waals surface area contributed by atoms with Crippen LogP contribution in [-0.2, 0) is 25.4 Å². The fraction of sp³-hybridized carbons (Fsp3) is 0.467. The van der Waals surface area contributed by atoms with Crippen LogP contribution in [0.3, 0.4) is 0 Å². The van der Waals surface area contributed by atoms with Crippen molar-refractivity contribution in [2.24, 2.45) is 5.92 Å². The number of β-lactam (4-membered cyclic amide) rings is 1. The minimum atomic E-state index is -2.17. The number of carbonyl (C=O) groups is 3. The zero-order valence-corrected chi connectivity index (χ0v) is 27.6. The molecule has 1 fully saturated rings. The number of aliphatic hydroxyl groups is 1. The summed E-state index contributed by atoms with van der Waals surface area (Å²) in [6, 6.07) is 5.25. The normalized spacial score (nSPS) is 19.3. The molecule has 1 N–H and O–H groups in total. The molecule has 14 heteroatoms. The van der Waals surface area contributed by atoms with Gasteiger partial charge in [-0.2, -0.15) is 0 Å². The molecule has 0 radical (unpaired) electrons. The Morgan fingerprint density at radius 2 is 1.91 bits per heavy atom. The molecular formula is C30H36N4O8SSi. The van der Waals surface area contributed by atoms with Gasteiger partial charge in [0.25, 0.3) is 5.69 Å². The molecular weight excluding hydrogens is 605 g/mol. The quantitative estimate of drug-likeness (QED) is 0.0815. The molecule has 4 heterocycles. The molecule has 0 bridgehead atoms. The van der Waals surface area contributed by atoms with Gasteiger partial charge in [-0.3, -0.25) is 24.1 Å². The maximum atomic E-state index is 13.5. The van der Waals surface area contributed by atoms with Gasteiger partial charge in [0.15, 0.2) is 8.32 Å². The average molecular weight is 641 g/mol. The summed E-state index contributed by atoms with van der Waals surface area (Å²) in [5.41, 5.74) is 1.45. The fourth-order valence-electron chi connectivity index (χ4n) is 5.28. The van der Waals surface area contributed by atoms with E-state index < -0.39 is 37.3 Å². The summed E-state index contributed by atoms with van der Waals surface area (Å²) in [4.78, 5) is 57.6. The van der Waals surface area contributed by atoms with Crippen molar-refractivity contribution in [1.29, 1.82) is 0 Å². The fourth-order valence-corrected chi connectivity index (χ4v) is 7.42. The van der Waals surface area contributed by atoms with Crippen molar-refractivity contribution >= 4 is 53.4 Å². The Morgan fingerprint density at radius 1 is 1.25 bits per heavy atom. The molecule has 0 unspecified atom stereocenters. The van der Waals surface area contributed by atoms with E-state index in [0.29, 0.717) is 38.8 Å². The summed E-state index contributed by atoms with van der Waals surface area (Å²) >= 11 is 1.30. The van der Waals surface area contributed by atoms with Gasteiger partial charge >= 0.3 is 5.97 Å². The number of non-ortho nitro benzene ring substituents is 1. The van der Waals surface area contributed by atoms with E-state index in [4.69, 9.17) is 9.16 Å². The summed E-state index contributed by atoms with van der Waals surface area (Å²) in [6.45, 7) is 13.6. The third kappa shape index (κ3) is 5.51. The van der Waals surface area contributed by atoms with Gasteiger partial charge in [0.1, 0.15) is 28.7 Å². The van der Waals surface area contributed by atoms with Gasteiger partial charge < -0.3 is 19.2 Å². The number of aliphatic hydroxyl groups excluding tert-OH is 1. The number of imidazole rings is 1. The van der Waals surface area contributed by atoms with Crippen LogP contribution in [0.4, 0.5) is 5.69 Å². The zero-order valence-electron chi connectivity index (χ0n) is 25.7. The van der Waals surface area contributed by atoms with Crippen LogP contribution in [-0.4, -0.2) is 69.0 Å². The molecule has 1 saturated heterocycles. The first-order valence-corrected chi connectivity index (χ1v) is 18.0. The van der Waals surface area contributed by atoms with E-state index >= 15 is 0 Å². The van der Waals surface area contributed by atoms with Crippen LogP contribution in [0, 0.1) is 23.0 Å². The Kier molecular flexibility index (Phi) is 8.16. The van der Waals surface area contributed by atoms with E-state index in [1.54, 1.807) is 24.4 Å². The smallest absolute Gasteiger partial charge is 0.355 e. The molecule has 0 saturated carbocycles. The summed E-state index contributed by atoms with van der Waals surface area (Å²) < 4.78 is 13.6. The second-order valence-corrected chi connectivity index (χ2v) is 18.7. The Morgan fingerprint density at radius 3 is 2.50 bits per heavy atom. The van der Waals surface area contributed by atoms with Crippen molar-refractivity contribution in [2.75, 3.05) is 6.61 Å². The number of rotatable bonds is 10. The van der Waals surface area contributed by atoms with E-state index in [0.717, 1.165) is 0 Å².